The molecule has 2 heterocycles. The molecule has 1 N–H and O–H groups in total. The third-order valence-corrected chi connectivity index (χ3v) is 4.63. The molecule has 1 atom stereocenters. The first-order valence-electron chi connectivity index (χ1n) is 8.48. The van der Waals surface area contributed by atoms with E-state index in [9.17, 15) is 5.11 Å². The molecule has 1 aromatic carbocycles. The van der Waals surface area contributed by atoms with E-state index in [1.165, 1.54) is 16.8 Å². The molecule has 0 fully saturated rings. The first kappa shape index (κ1) is 16.1. The van der Waals surface area contributed by atoms with E-state index < -0.39 is 0 Å². The number of fused-ring (bicyclic) bond motifs is 1. The highest BCUT2D eigenvalue weighted by atomic mass is 16.3. The molecule has 23 heavy (non-hydrogen) atoms. The maximum atomic E-state index is 9.42. The molecule has 2 aromatic rings. The van der Waals surface area contributed by atoms with Crippen molar-refractivity contribution < 1.29 is 5.11 Å². The summed E-state index contributed by atoms with van der Waals surface area (Å²) in [5, 5.41) is 13.9. The smallest absolute Gasteiger partial charge is 0.0543 e. The summed E-state index contributed by atoms with van der Waals surface area (Å²) in [6, 6.07) is 9.03. The summed E-state index contributed by atoms with van der Waals surface area (Å²) in [5.41, 5.74) is 3.94. The minimum Gasteiger partial charge on any atom is -0.396 e. The van der Waals surface area contributed by atoms with Gasteiger partial charge in [-0.25, -0.2) is 0 Å². The number of benzene rings is 1. The van der Waals surface area contributed by atoms with E-state index in [4.69, 9.17) is 0 Å². The van der Waals surface area contributed by atoms with Crippen LogP contribution in [-0.4, -0.2) is 27.5 Å². The monoisotopic (exact) mass is 313 g/mol. The molecule has 0 saturated heterocycles. The van der Waals surface area contributed by atoms with E-state index in [-0.39, 0.29) is 12.1 Å². The van der Waals surface area contributed by atoms with E-state index in [1.54, 1.807) is 0 Å². The zero-order valence-electron chi connectivity index (χ0n) is 14.4. The number of aromatic nitrogens is 2. The Morgan fingerprint density at radius 3 is 2.74 bits per heavy atom. The van der Waals surface area contributed by atoms with Crippen LogP contribution in [0.25, 0.3) is 0 Å². The number of aryl methyl sites for hydroxylation is 1. The lowest BCUT2D eigenvalue weighted by atomic mass is 9.93. The van der Waals surface area contributed by atoms with Crippen molar-refractivity contribution >= 4 is 5.69 Å². The highest BCUT2D eigenvalue weighted by Gasteiger charge is 2.26. The Labute approximate surface area is 138 Å². The second-order valence-electron chi connectivity index (χ2n) is 7.43. The summed E-state index contributed by atoms with van der Waals surface area (Å²) in [6.45, 7) is 7.57. The van der Waals surface area contributed by atoms with Gasteiger partial charge in [-0.3, -0.25) is 4.68 Å². The lowest BCUT2D eigenvalue weighted by molar-refractivity contribution is 0.267. The second kappa shape index (κ2) is 6.36. The average Bonchev–Trinajstić information content (AvgIpc) is 2.99. The number of aliphatic hydroxyl groups is 1. The molecule has 0 bridgehead atoms. The van der Waals surface area contributed by atoms with Gasteiger partial charge in [0.25, 0.3) is 0 Å². The SMILES string of the molecule is CC(C)(C)n1cc(CN2c3ccccc3CCC2CCO)cn1. The Balaban J connectivity index is 1.87. The van der Waals surface area contributed by atoms with Crippen LogP contribution in [0, 0.1) is 0 Å². The van der Waals surface area contributed by atoms with Crippen LogP contribution in [0.4, 0.5) is 5.69 Å². The van der Waals surface area contributed by atoms with Gasteiger partial charge >= 0.3 is 0 Å². The summed E-state index contributed by atoms with van der Waals surface area (Å²) in [5.74, 6) is 0. The molecule has 0 spiro atoms. The van der Waals surface area contributed by atoms with E-state index in [1.807, 2.05) is 10.9 Å². The third-order valence-electron chi connectivity index (χ3n) is 4.63. The number of hydrogen-bond donors (Lipinski definition) is 1. The van der Waals surface area contributed by atoms with Crippen molar-refractivity contribution in [2.24, 2.45) is 0 Å². The van der Waals surface area contributed by atoms with Crippen LogP contribution in [0.15, 0.2) is 36.7 Å². The van der Waals surface area contributed by atoms with E-state index in [2.05, 4.69) is 61.2 Å². The molecule has 1 unspecified atom stereocenters. The molecule has 3 rings (SSSR count). The fourth-order valence-corrected chi connectivity index (χ4v) is 3.35. The van der Waals surface area contributed by atoms with Crippen molar-refractivity contribution in [1.82, 2.24) is 9.78 Å². The van der Waals surface area contributed by atoms with Crippen LogP contribution in [0.2, 0.25) is 0 Å². The lowest BCUT2D eigenvalue weighted by Crippen LogP contribution is -2.39. The predicted octanol–water partition coefficient (Wildman–Crippen LogP) is 3.34. The zero-order valence-corrected chi connectivity index (χ0v) is 14.4. The largest absolute Gasteiger partial charge is 0.396 e. The molecule has 4 nitrogen and oxygen atoms in total. The number of hydrogen-bond acceptors (Lipinski definition) is 3. The van der Waals surface area contributed by atoms with Crippen molar-refractivity contribution in [3.63, 3.8) is 0 Å². The molecule has 124 valence electrons. The molecule has 0 amide bonds. The van der Waals surface area contributed by atoms with Crippen LogP contribution in [-0.2, 0) is 18.5 Å². The van der Waals surface area contributed by atoms with Crippen molar-refractivity contribution in [2.45, 2.75) is 58.2 Å². The number of anilines is 1. The standard InChI is InChI=1S/C19H27N3O/c1-19(2,3)22-14-15(12-20-22)13-21-17(10-11-23)9-8-16-6-4-5-7-18(16)21/h4-7,12,14,17,23H,8-11,13H2,1-3H3. The summed E-state index contributed by atoms with van der Waals surface area (Å²) >= 11 is 0. The number of nitrogens with zero attached hydrogens (tertiary/aromatic N) is 3. The Morgan fingerprint density at radius 2 is 2.04 bits per heavy atom. The summed E-state index contributed by atoms with van der Waals surface area (Å²) in [4.78, 5) is 2.44. The number of rotatable bonds is 4. The van der Waals surface area contributed by atoms with Gasteiger partial charge in [-0.15, -0.1) is 0 Å². The Kier molecular flexibility index (Phi) is 4.44. The van der Waals surface area contributed by atoms with Gasteiger partial charge in [-0.2, -0.15) is 5.10 Å². The molecule has 1 aliphatic rings. The second-order valence-corrected chi connectivity index (χ2v) is 7.43. The molecule has 0 radical (unpaired) electrons. The van der Waals surface area contributed by atoms with Crippen LogP contribution >= 0.6 is 0 Å². The van der Waals surface area contributed by atoms with E-state index in [0.717, 1.165) is 25.8 Å². The molecular formula is C19H27N3O. The van der Waals surface area contributed by atoms with Crippen molar-refractivity contribution in [1.29, 1.82) is 0 Å². The summed E-state index contributed by atoms with van der Waals surface area (Å²) in [7, 11) is 0. The third kappa shape index (κ3) is 3.42. The maximum absolute atomic E-state index is 9.42. The van der Waals surface area contributed by atoms with Gasteiger partial charge in [0, 0.05) is 36.6 Å². The molecule has 0 aliphatic carbocycles. The predicted molar refractivity (Wildman–Crippen MR) is 93.7 cm³/mol. The van der Waals surface area contributed by atoms with Crippen molar-refractivity contribution in [2.75, 3.05) is 11.5 Å². The van der Waals surface area contributed by atoms with Crippen molar-refractivity contribution in [3.8, 4) is 0 Å². The molecular weight excluding hydrogens is 286 g/mol. The quantitative estimate of drug-likeness (QED) is 0.941. The summed E-state index contributed by atoms with van der Waals surface area (Å²) in [6.07, 6.45) is 7.14. The van der Waals surface area contributed by atoms with Crippen LogP contribution in [0.5, 0.6) is 0 Å². The fourth-order valence-electron chi connectivity index (χ4n) is 3.35. The average molecular weight is 313 g/mol. The molecule has 0 saturated carbocycles. The molecule has 1 aliphatic heterocycles. The maximum Gasteiger partial charge on any atom is 0.0543 e. The van der Waals surface area contributed by atoms with E-state index in [0.29, 0.717) is 6.04 Å². The number of para-hydroxylation sites is 1. The zero-order chi connectivity index (χ0) is 16.4. The topological polar surface area (TPSA) is 41.3 Å². The lowest BCUT2D eigenvalue weighted by Gasteiger charge is -2.38. The summed E-state index contributed by atoms with van der Waals surface area (Å²) < 4.78 is 2.03. The molecule has 1 aromatic heterocycles. The Bertz CT molecular complexity index is 657. The minimum absolute atomic E-state index is 0.00254. The van der Waals surface area contributed by atoms with Crippen LogP contribution in [0.1, 0.15) is 44.7 Å². The first-order valence-corrected chi connectivity index (χ1v) is 8.48. The van der Waals surface area contributed by atoms with Gasteiger partial charge < -0.3 is 10.0 Å². The van der Waals surface area contributed by atoms with Gasteiger partial charge in [-0.05, 0) is 51.7 Å². The van der Waals surface area contributed by atoms with Gasteiger partial charge in [0.2, 0.25) is 0 Å². The van der Waals surface area contributed by atoms with E-state index >= 15 is 0 Å². The van der Waals surface area contributed by atoms with Crippen LogP contribution < -0.4 is 4.90 Å². The highest BCUT2D eigenvalue weighted by molar-refractivity contribution is 5.56. The van der Waals surface area contributed by atoms with Gasteiger partial charge in [0.1, 0.15) is 0 Å². The van der Waals surface area contributed by atoms with Gasteiger partial charge in [0.15, 0.2) is 0 Å². The van der Waals surface area contributed by atoms with Gasteiger partial charge in [-0.1, -0.05) is 18.2 Å². The fraction of sp³-hybridized carbons (Fsp3) is 0.526. The Morgan fingerprint density at radius 1 is 1.26 bits per heavy atom. The first-order chi connectivity index (χ1) is 11.0. The molecule has 4 heteroatoms. The van der Waals surface area contributed by atoms with Gasteiger partial charge in [0.05, 0.1) is 11.7 Å². The normalized spacial score (nSPS) is 18.1. The van der Waals surface area contributed by atoms with Crippen molar-refractivity contribution in [3.05, 3.63) is 47.8 Å². The minimum atomic E-state index is 0.00254. The highest BCUT2D eigenvalue weighted by Crippen LogP contribution is 2.33. The van der Waals surface area contributed by atoms with Crippen LogP contribution in [0.3, 0.4) is 0 Å². The number of aliphatic hydroxyl groups excluding tert-OH is 1. The Hall–Kier alpha value is -1.81.